The lowest BCUT2D eigenvalue weighted by Gasteiger charge is -2.32. The Hall–Kier alpha value is -2.33. The van der Waals surface area contributed by atoms with Crippen LogP contribution in [0.2, 0.25) is 5.02 Å². The molecule has 3 aromatic rings. The van der Waals surface area contributed by atoms with Crippen molar-refractivity contribution >= 4 is 17.5 Å². The molecule has 2 aromatic carbocycles. The van der Waals surface area contributed by atoms with Gasteiger partial charge in [-0.05, 0) is 42.2 Å². The molecule has 0 saturated heterocycles. The van der Waals surface area contributed by atoms with Gasteiger partial charge in [0.05, 0.1) is 12.1 Å². The van der Waals surface area contributed by atoms with E-state index >= 15 is 0 Å². The molecule has 2 atom stereocenters. The zero-order valence-corrected chi connectivity index (χ0v) is 13.5. The molecule has 0 unspecified atom stereocenters. The molecular formula is C18H17ClN4. The summed E-state index contributed by atoms with van der Waals surface area (Å²) in [5.74, 6) is 0.810. The number of aromatic nitrogens is 3. The highest BCUT2D eigenvalue weighted by atomic mass is 35.5. The topological polar surface area (TPSA) is 42.7 Å². The van der Waals surface area contributed by atoms with Crippen molar-refractivity contribution in [2.45, 2.75) is 25.4 Å². The van der Waals surface area contributed by atoms with Gasteiger partial charge >= 0.3 is 0 Å². The van der Waals surface area contributed by atoms with E-state index in [0.717, 1.165) is 17.4 Å². The molecule has 0 spiro atoms. The van der Waals surface area contributed by atoms with Crippen molar-refractivity contribution in [1.29, 1.82) is 0 Å². The Labute approximate surface area is 140 Å². The third kappa shape index (κ3) is 2.59. The zero-order chi connectivity index (χ0) is 15.8. The molecule has 4 nitrogen and oxygen atoms in total. The summed E-state index contributed by atoms with van der Waals surface area (Å²) >= 11 is 6.01. The first kappa shape index (κ1) is 14.3. The number of halogens is 1. The molecule has 5 heteroatoms. The first-order valence-electron chi connectivity index (χ1n) is 7.69. The molecule has 116 valence electrons. The third-order valence-corrected chi connectivity index (χ3v) is 4.70. The molecule has 1 aliphatic heterocycles. The van der Waals surface area contributed by atoms with Crippen LogP contribution in [-0.4, -0.2) is 14.8 Å². The van der Waals surface area contributed by atoms with Crippen molar-refractivity contribution in [3.8, 4) is 0 Å². The van der Waals surface area contributed by atoms with E-state index < -0.39 is 0 Å². The summed E-state index contributed by atoms with van der Waals surface area (Å²) in [4.78, 5) is 4.37. The number of hydrogen-bond donors (Lipinski definition) is 1. The van der Waals surface area contributed by atoms with E-state index in [4.69, 9.17) is 11.6 Å². The minimum atomic E-state index is 0.177. The van der Waals surface area contributed by atoms with Crippen LogP contribution in [0.1, 0.15) is 35.2 Å². The Morgan fingerprint density at radius 2 is 1.91 bits per heavy atom. The number of aryl methyl sites for hydroxylation is 1. The second kappa shape index (κ2) is 5.70. The first-order valence-corrected chi connectivity index (χ1v) is 8.07. The second-order valence-corrected chi connectivity index (χ2v) is 6.32. The van der Waals surface area contributed by atoms with Crippen LogP contribution in [0, 0.1) is 6.92 Å². The largest absolute Gasteiger partial charge is 0.348 e. The van der Waals surface area contributed by atoms with Crippen LogP contribution in [0.15, 0.2) is 54.9 Å². The minimum Gasteiger partial charge on any atom is -0.348 e. The fourth-order valence-electron chi connectivity index (χ4n) is 3.25. The maximum absolute atomic E-state index is 6.01. The normalized spacial score (nSPS) is 19.9. The van der Waals surface area contributed by atoms with Gasteiger partial charge in [0, 0.05) is 5.02 Å². The van der Waals surface area contributed by atoms with Gasteiger partial charge in [-0.3, -0.25) is 0 Å². The van der Waals surface area contributed by atoms with Crippen molar-refractivity contribution < 1.29 is 0 Å². The number of fused-ring (bicyclic) bond motifs is 1. The molecule has 0 bridgehead atoms. The van der Waals surface area contributed by atoms with Crippen LogP contribution in [0.4, 0.5) is 5.95 Å². The van der Waals surface area contributed by atoms with E-state index in [2.05, 4.69) is 58.7 Å². The highest BCUT2D eigenvalue weighted by Crippen LogP contribution is 2.38. The van der Waals surface area contributed by atoms with Gasteiger partial charge < -0.3 is 5.32 Å². The van der Waals surface area contributed by atoms with E-state index in [9.17, 15) is 0 Å². The molecule has 0 saturated carbocycles. The summed E-state index contributed by atoms with van der Waals surface area (Å²) in [7, 11) is 0. The Kier molecular flexibility index (Phi) is 3.54. The molecule has 23 heavy (non-hydrogen) atoms. The predicted octanol–water partition coefficient (Wildman–Crippen LogP) is 4.39. The van der Waals surface area contributed by atoms with Gasteiger partial charge in [0.25, 0.3) is 0 Å². The highest BCUT2D eigenvalue weighted by Gasteiger charge is 2.30. The van der Waals surface area contributed by atoms with Crippen LogP contribution in [0.3, 0.4) is 0 Å². The lowest BCUT2D eigenvalue weighted by molar-refractivity contribution is 0.429. The van der Waals surface area contributed by atoms with Gasteiger partial charge in [0.15, 0.2) is 0 Å². The first-order chi connectivity index (χ1) is 11.2. The summed E-state index contributed by atoms with van der Waals surface area (Å²) in [6, 6.07) is 16.8. The number of nitrogens with one attached hydrogen (secondary N) is 1. The van der Waals surface area contributed by atoms with Gasteiger partial charge in [-0.15, -0.1) is 0 Å². The number of hydrogen-bond acceptors (Lipinski definition) is 3. The van der Waals surface area contributed by atoms with E-state index in [1.807, 2.05) is 16.8 Å². The van der Waals surface area contributed by atoms with Crippen molar-refractivity contribution in [2.24, 2.45) is 0 Å². The molecular weight excluding hydrogens is 308 g/mol. The molecule has 0 radical (unpaired) electrons. The van der Waals surface area contributed by atoms with Crippen LogP contribution in [0.5, 0.6) is 0 Å². The monoisotopic (exact) mass is 324 g/mol. The maximum atomic E-state index is 6.01. The molecule has 0 aliphatic carbocycles. The predicted molar refractivity (Wildman–Crippen MR) is 91.8 cm³/mol. The smallest absolute Gasteiger partial charge is 0.222 e. The van der Waals surface area contributed by atoms with Gasteiger partial charge in [-0.1, -0.05) is 48.0 Å². The second-order valence-electron chi connectivity index (χ2n) is 5.88. The molecule has 0 fully saturated rings. The van der Waals surface area contributed by atoms with E-state index in [-0.39, 0.29) is 12.1 Å². The van der Waals surface area contributed by atoms with E-state index in [0.29, 0.717) is 0 Å². The molecule has 1 N–H and O–H groups in total. The van der Waals surface area contributed by atoms with Crippen molar-refractivity contribution in [1.82, 2.24) is 14.8 Å². The summed E-state index contributed by atoms with van der Waals surface area (Å²) in [6.07, 6.45) is 2.53. The van der Waals surface area contributed by atoms with E-state index in [1.54, 1.807) is 6.33 Å². The number of rotatable bonds is 2. The van der Waals surface area contributed by atoms with Gasteiger partial charge in [0.1, 0.15) is 6.33 Å². The SMILES string of the molecule is Cc1ccccc1[C@H]1C[C@H](c2ccc(Cl)cc2)Nc2ncnn21. The van der Waals surface area contributed by atoms with Gasteiger partial charge in [-0.2, -0.15) is 10.1 Å². The molecule has 4 rings (SSSR count). The summed E-state index contributed by atoms with van der Waals surface area (Å²) in [6.45, 7) is 2.14. The molecule has 0 amide bonds. The fraction of sp³-hybridized carbons (Fsp3) is 0.222. The quantitative estimate of drug-likeness (QED) is 0.760. The standard InChI is InChI=1S/C18H17ClN4/c1-12-4-2-3-5-15(12)17-10-16(13-6-8-14(19)9-7-13)22-18-20-11-21-23(17)18/h2-9,11,16-17H,10H2,1H3,(H,20,21,22)/t16-,17-/m1/s1. The lowest BCUT2D eigenvalue weighted by atomic mass is 9.91. The minimum absolute atomic E-state index is 0.177. The Balaban J connectivity index is 1.75. The lowest BCUT2D eigenvalue weighted by Crippen LogP contribution is -2.28. The number of nitrogens with zero attached hydrogens (tertiary/aromatic N) is 3. The fourth-order valence-corrected chi connectivity index (χ4v) is 3.38. The summed E-state index contributed by atoms with van der Waals surface area (Å²) in [5.41, 5.74) is 3.78. The third-order valence-electron chi connectivity index (χ3n) is 4.45. The summed E-state index contributed by atoms with van der Waals surface area (Å²) < 4.78 is 1.98. The van der Waals surface area contributed by atoms with Crippen LogP contribution in [0.25, 0.3) is 0 Å². The number of benzene rings is 2. The maximum Gasteiger partial charge on any atom is 0.222 e. The van der Waals surface area contributed by atoms with Gasteiger partial charge in [0.2, 0.25) is 5.95 Å². The van der Waals surface area contributed by atoms with Crippen LogP contribution < -0.4 is 5.32 Å². The van der Waals surface area contributed by atoms with Crippen molar-refractivity contribution in [2.75, 3.05) is 5.32 Å². The van der Waals surface area contributed by atoms with Gasteiger partial charge in [-0.25, -0.2) is 4.68 Å². The van der Waals surface area contributed by atoms with Crippen molar-refractivity contribution in [3.05, 3.63) is 76.6 Å². The Morgan fingerprint density at radius 1 is 1.13 bits per heavy atom. The summed E-state index contributed by atoms with van der Waals surface area (Å²) in [5, 5.41) is 8.65. The molecule has 2 heterocycles. The number of anilines is 1. The van der Waals surface area contributed by atoms with Crippen molar-refractivity contribution in [3.63, 3.8) is 0 Å². The van der Waals surface area contributed by atoms with E-state index in [1.165, 1.54) is 16.7 Å². The molecule has 1 aliphatic rings. The van der Waals surface area contributed by atoms with Crippen LogP contribution in [-0.2, 0) is 0 Å². The Bertz CT molecular complexity index is 825. The average Bonchev–Trinajstić information content (AvgIpc) is 3.04. The zero-order valence-electron chi connectivity index (χ0n) is 12.8. The Morgan fingerprint density at radius 3 is 2.70 bits per heavy atom. The average molecular weight is 325 g/mol. The highest BCUT2D eigenvalue weighted by molar-refractivity contribution is 6.30. The molecule has 1 aromatic heterocycles. The van der Waals surface area contributed by atoms with Crippen LogP contribution >= 0.6 is 11.6 Å².